The number of ether oxygens (including phenoxy) is 2. The maximum atomic E-state index is 12.9. The van der Waals surface area contributed by atoms with Crippen molar-refractivity contribution in [3.8, 4) is 5.75 Å². The minimum Gasteiger partial charge on any atom is -0.489 e. The molecule has 5 nitrogen and oxygen atoms in total. The molecule has 0 saturated carbocycles. The molecular weight excluding hydrogens is 424 g/mol. The molecule has 0 aliphatic carbocycles. The van der Waals surface area contributed by atoms with E-state index in [9.17, 15) is 4.39 Å². The molecule has 1 aromatic carbocycles. The smallest absolute Gasteiger partial charge is 0.191 e. The minimum absolute atomic E-state index is 0. The summed E-state index contributed by atoms with van der Waals surface area (Å²) in [6, 6.07) is 6.02. The predicted octanol–water partition coefficient (Wildman–Crippen LogP) is 2.95. The van der Waals surface area contributed by atoms with E-state index in [0.717, 1.165) is 32.0 Å². The number of rotatable bonds is 6. The first-order valence-corrected chi connectivity index (χ1v) is 8.01. The monoisotopic (exact) mass is 451 g/mol. The Bertz CT molecular complexity index is 519. The molecule has 2 unspecified atom stereocenters. The lowest BCUT2D eigenvalue weighted by molar-refractivity contribution is 0.0242. The molecule has 1 fully saturated rings. The Morgan fingerprint density at radius 2 is 2.08 bits per heavy atom. The number of halogens is 2. The van der Waals surface area contributed by atoms with Crippen LogP contribution in [0.5, 0.6) is 5.75 Å². The quantitative estimate of drug-likeness (QED) is 0.397. The van der Waals surface area contributed by atoms with Crippen molar-refractivity contribution in [3.63, 3.8) is 0 Å². The topological polar surface area (TPSA) is 54.9 Å². The van der Waals surface area contributed by atoms with Crippen molar-refractivity contribution < 1.29 is 13.9 Å². The van der Waals surface area contributed by atoms with Gasteiger partial charge < -0.3 is 20.1 Å². The van der Waals surface area contributed by atoms with Crippen LogP contribution in [0.25, 0.3) is 0 Å². The van der Waals surface area contributed by atoms with Crippen molar-refractivity contribution in [2.45, 2.75) is 38.4 Å². The maximum Gasteiger partial charge on any atom is 0.191 e. The third kappa shape index (κ3) is 6.80. The molecule has 0 spiro atoms. The Hall–Kier alpha value is -1.09. The van der Waals surface area contributed by atoms with Crippen LogP contribution in [0.1, 0.15) is 26.7 Å². The Morgan fingerprint density at radius 3 is 2.67 bits per heavy atom. The zero-order valence-electron chi connectivity index (χ0n) is 14.5. The first-order chi connectivity index (χ1) is 11.0. The summed E-state index contributed by atoms with van der Waals surface area (Å²) in [6.45, 7) is 6.20. The molecule has 0 bridgehead atoms. The molecule has 1 heterocycles. The third-order valence-corrected chi connectivity index (χ3v) is 3.86. The second-order valence-electron chi connectivity index (χ2n) is 6.09. The van der Waals surface area contributed by atoms with Gasteiger partial charge in [-0.05, 0) is 51.0 Å². The number of hydrogen-bond donors (Lipinski definition) is 2. The van der Waals surface area contributed by atoms with Crippen molar-refractivity contribution in [2.24, 2.45) is 4.99 Å². The first-order valence-electron chi connectivity index (χ1n) is 8.01. The highest BCUT2D eigenvalue weighted by atomic mass is 127. The molecule has 2 atom stereocenters. The highest BCUT2D eigenvalue weighted by molar-refractivity contribution is 14.0. The van der Waals surface area contributed by atoms with E-state index in [2.05, 4.69) is 22.5 Å². The van der Waals surface area contributed by atoms with Gasteiger partial charge in [-0.2, -0.15) is 0 Å². The zero-order chi connectivity index (χ0) is 16.7. The van der Waals surface area contributed by atoms with Gasteiger partial charge >= 0.3 is 0 Å². The van der Waals surface area contributed by atoms with E-state index in [1.54, 1.807) is 19.2 Å². The fourth-order valence-electron chi connectivity index (χ4n) is 2.50. The van der Waals surface area contributed by atoms with Crippen LogP contribution in [0.2, 0.25) is 0 Å². The van der Waals surface area contributed by atoms with Gasteiger partial charge in [0.15, 0.2) is 5.96 Å². The van der Waals surface area contributed by atoms with E-state index in [1.807, 2.05) is 6.92 Å². The van der Waals surface area contributed by atoms with Gasteiger partial charge in [-0.15, -0.1) is 24.0 Å². The Balaban J connectivity index is 0.00000288. The van der Waals surface area contributed by atoms with E-state index in [1.165, 1.54) is 12.1 Å². The molecule has 0 amide bonds. The van der Waals surface area contributed by atoms with Crippen molar-refractivity contribution in [3.05, 3.63) is 30.1 Å². The van der Waals surface area contributed by atoms with Gasteiger partial charge in [-0.1, -0.05) is 0 Å². The van der Waals surface area contributed by atoms with Crippen LogP contribution in [0.4, 0.5) is 4.39 Å². The summed E-state index contributed by atoms with van der Waals surface area (Å²) in [5, 5.41) is 6.51. The number of nitrogens with zero attached hydrogens (tertiary/aromatic N) is 1. The van der Waals surface area contributed by atoms with E-state index in [0.29, 0.717) is 12.3 Å². The van der Waals surface area contributed by atoms with Gasteiger partial charge in [0, 0.05) is 20.2 Å². The number of hydrogen-bond acceptors (Lipinski definition) is 3. The Labute approximate surface area is 160 Å². The highest BCUT2D eigenvalue weighted by Gasteiger charge is 2.29. The molecule has 24 heavy (non-hydrogen) atoms. The molecule has 2 rings (SSSR count). The Kier molecular flexibility index (Phi) is 8.75. The van der Waals surface area contributed by atoms with Gasteiger partial charge in [0.1, 0.15) is 17.7 Å². The van der Waals surface area contributed by atoms with Crippen molar-refractivity contribution in [1.29, 1.82) is 0 Å². The lowest BCUT2D eigenvalue weighted by atomic mass is 10.0. The minimum atomic E-state index is -0.268. The molecule has 7 heteroatoms. The van der Waals surface area contributed by atoms with Crippen LogP contribution in [0.3, 0.4) is 0 Å². The summed E-state index contributed by atoms with van der Waals surface area (Å²) in [5.74, 6) is 1.10. The first kappa shape index (κ1) is 21.0. The normalized spacial score (nSPS) is 21.8. The molecular formula is C17H27FIN3O2. The lowest BCUT2D eigenvalue weighted by Gasteiger charge is -2.25. The van der Waals surface area contributed by atoms with Gasteiger partial charge in [-0.3, -0.25) is 4.99 Å². The SMILES string of the molecule is CN=C(NCC(C)Oc1ccc(F)cc1)NCC1(C)CCCO1.I. The average Bonchev–Trinajstić information content (AvgIpc) is 2.97. The van der Waals surface area contributed by atoms with E-state index >= 15 is 0 Å². The standard InChI is InChI=1S/C17H26FN3O2.HI/c1-13(23-15-7-5-14(18)6-8-15)11-20-16(19-3)21-12-17(2)9-4-10-22-17;/h5-8,13H,4,9-12H2,1-3H3,(H2,19,20,21);1H. The number of aliphatic imine (C=N–C) groups is 1. The zero-order valence-corrected chi connectivity index (χ0v) is 16.8. The molecule has 1 aliphatic rings. The summed E-state index contributed by atoms with van der Waals surface area (Å²) in [5.41, 5.74) is -0.117. The van der Waals surface area contributed by atoms with E-state index in [4.69, 9.17) is 9.47 Å². The molecule has 2 N–H and O–H groups in total. The van der Waals surface area contributed by atoms with Crippen molar-refractivity contribution in [1.82, 2.24) is 10.6 Å². The van der Waals surface area contributed by atoms with Crippen molar-refractivity contribution in [2.75, 3.05) is 26.7 Å². The van der Waals surface area contributed by atoms with Gasteiger partial charge in [0.05, 0.1) is 12.1 Å². The lowest BCUT2D eigenvalue weighted by Crippen LogP contribution is -2.47. The summed E-state index contributed by atoms with van der Waals surface area (Å²) in [6.07, 6.45) is 2.09. The van der Waals surface area contributed by atoms with Gasteiger partial charge in [0.2, 0.25) is 0 Å². The average molecular weight is 451 g/mol. The second-order valence-corrected chi connectivity index (χ2v) is 6.09. The molecule has 0 aromatic heterocycles. The fraction of sp³-hybridized carbons (Fsp3) is 0.588. The summed E-state index contributed by atoms with van der Waals surface area (Å²) in [7, 11) is 1.73. The molecule has 1 aromatic rings. The van der Waals surface area contributed by atoms with E-state index < -0.39 is 0 Å². The fourth-order valence-corrected chi connectivity index (χ4v) is 2.50. The van der Waals surface area contributed by atoms with Crippen LogP contribution in [-0.2, 0) is 4.74 Å². The van der Waals surface area contributed by atoms with Gasteiger partial charge in [-0.25, -0.2) is 4.39 Å². The maximum absolute atomic E-state index is 12.9. The van der Waals surface area contributed by atoms with Crippen LogP contribution in [0.15, 0.2) is 29.3 Å². The third-order valence-electron chi connectivity index (χ3n) is 3.86. The van der Waals surface area contributed by atoms with E-state index in [-0.39, 0.29) is 41.5 Å². The molecule has 136 valence electrons. The molecule has 1 aliphatic heterocycles. The summed E-state index contributed by atoms with van der Waals surface area (Å²) >= 11 is 0. The number of nitrogens with one attached hydrogen (secondary N) is 2. The summed E-state index contributed by atoms with van der Waals surface area (Å²) in [4.78, 5) is 4.20. The van der Waals surface area contributed by atoms with Crippen molar-refractivity contribution >= 4 is 29.9 Å². The van der Waals surface area contributed by atoms with Crippen LogP contribution < -0.4 is 15.4 Å². The Morgan fingerprint density at radius 1 is 1.38 bits per heavy atom. The van der Waals surface area contributed by atoms with Gasteiger partial charge in [0.25, 0.3) is 0 Å². The summed E-state index contributed by atoms with van der Waals surface area (Å²) < 4.78 is 24.3. The van der Waals surface area contributed by atoms with Crippen LogP contribution in [-0.4, -0.2) is 44.4 Å². The largest absolute Gasteiger partial charge is 0.489 e. The van der Waals surface area contributed by atoms with Crippen LogP contribution >= 0.6 is 24.0 Å². The number of benzene rings is 1. The predicted molar refractivity (Wildman–Crippen MR) is 105 cm³/mol. The second kappa shape index (κ2) is 10.0. The number of guanidine groups is 1. The molecule has 1 saturated heterocycles. The van der Waals surface area contributed by atoms with Crippen LogP contribution in [0, 0.1) is 5.82 Å². The molecule has 0 radical (unpaired) electrons. The highest BCUT2D eigenvalue weighted by Crippen LogP contribution is 2.23.